The molecule has 3 N–H and O–H groups in total. The molecular weight excluding hydrogens is 284 g/mol. The Morgan fingerprint density at radius 1 is 1.48 bits per heavy atom. The van der Waals surface area contributed by atoms with Crippen LogP contribution in [0.2, 0.25) is 0 Å². The molecule has 2 amide bonds. The molecule has 0 saturated heterocycles. The highest BCUT2D eigenvalue weighted by Gasteiger charge is 2.25. The molecule has 1 fully saturated rings. The molecule has 0 aromatic heterocycles. The molecule has 3 unspecified atom stereocenters. The largest absolute Gasteiger partial charge is 0.389 e. The summed E-state index contributed by atoms with van der Waals surface area (Å²) >= 11 is 1.98. The lowest BCUT2D eigenvalue weighted by molar-refractivity contribution is 0.199. The first-order valence-electron chi connectivity index (χ1n) is 7.55. The minimum atomic E-state index is -0.531. The third kappa shape index (κ3) is 4.93. The van der Waals surface area contributed by atoms with Gasteiger partial charge in [0.05, 0.1) is 6.10 Å². The van der Waals surface area contributed by atoms with Crippen LogP contribution in [0.3, 0.4) is 0 Å². The van der Waals surface area contributed by atoms with Crippen molar-refractivity contribution in [2.45, 2.75) is 50.5 Å². The zero-order valence-electron chi connectivity index (χ0n) is 12.6. The van der Waals surface area contributed by atoms with Crippen LogP contribution in [-0.4, -0.2) is 28.2 Å². The minimum absolute atomic E-state index is 0.162. The molecule has 2 rings (SSSR count). The van der Waals surface area contributed by atoms with Crippen molar-refractivity contribution in [2.75, 3.05) is 11.1 Å². The molecule has 1 aromatic rings. The quantitative estimate of drug-likeness (QED) is 0.780. The second-order valence-electron chi connectivity index (χ2n) is 5.49. The van der Waals surface area contributed by atoms with Crippen LogP contribution < -0.4 is 10.6 Å². The zero-order valence-corrected chi connectivity index (χ0v) is 13.5. The lowest BCUT2D eigenvalue weighted by atomic mass is 10.1. The van der Waals surface area contributed by atoms with Gasteiger partial charge in [-0.05, 0) is 49.6 Å². The van der Waals surface area contributed by atoms with Gasteiger partial charge in [0.15, 0.2) is 0 Å². The lowest BCUT2D eigenvalue weighted by Crippen LogP contribution is -2.36. The van der Waals surface area contributed by atoms with E-state index in [9.17, 15) is 9.90 Å². The summed E-state index contributed by atoms with van der Waals surface area (Å²) in [5.74, 6) is 1.13. The van der Waals surface area contributed by atoms with Crippen LogP contribution in [0.15, 0.2) is 24.3 Å². The molecule has 0 heterocycles. The summed E-state index contributed by atoms with van der Waals surface area (Å²) in [6, 6.07) is 7.42. The SMILES string of the molecule is CCSC1CCC(NC(=O)Nc2cccc(C(C)O)c2)C1. The molecule has 116 valence electrons. The van der Waals surface area contributed by atoms with Crippen LogP contribution in [0, 0.1) is 0 Å². The van der Waals surface area contributed by atoms with E-state index in [0.29, 0.717) is 10.9 Å². The van der Waals surface area contributed by atoms with E-state index in [1.807, 2.05) is 30.0 Å². The van der Waals surface area contributed by atoms with E-state index >= 15 is 0 Å². The number of hydrogen-bond donors (Lipinski definition) is 3. The first kappa shape index (κ1) is 16.2. The minimum Gasteiger partial charge on any atom is -0.389 e. The van der Waals surface area contributed by atoms with Crippen molar-refractivity contribution in [1.82, 2.24) is 5.32 Å². The Morgan fingerprint density at radius 3 is 3.00 bits per heavy atom. The number of amides is 2. The Balaban J connectivity index is 1.83. The van der Waals surface area contributed by atoms with Crippen LogP contribution in [-0.2, 0) is 0 Å². The zero-order chi connectivity index (χ0) is 15.2. The summed E-state index contributed by atoms with van der Waals surface area (Å²) in [6.45, 7) is 3.89. The third-order valence-electron chi connectivity index (χ3n) is 3.75. The van der Waals surface area contributed by atoms with Crippen LogP contribution in [0.1, 0.15) is 44.8 Å². The van der Waals surface area contributed by atoms with Crippen molar-refractivity contribution in [3.8, 4) is 0 Å². The highest BCUT2D eigenvalue weighted by atomic mass is 32.2. The van der Waals surface area contributed by atoms with E-state index in [-0.39, 0.29) is 12.1 Å². The van der Waals surface area contributed by atoms with E-state index in [2.05, 4.69) is 17.6 Å². The van der Waals surface area contributed by atoms with Crippen molar-refractivity contribution >= 4 is 23.5 Å². The topological polar surface area (TPSA) is 61.4 Å². The molecular formula is C16H24N2O2S. The molecule has 0 bridgehead atoms. The fraction of sp³-hybridized carbons (Fsp3) is 0.562. The molecule has 1 saturated carbocycles. The second kappa shape index (κ2) is 7.71. The Labute approximate surface area is 130 Å². The highest BCUT2D eigenvalue weighted by Crippen LogP contribution is 2.29. The number of hydrogen-bond acceptors (Lipinski definition) is 3. The van der Waals surface area contributed by atoms with E-state index in [0.717, 1.165) is 24.2 Å². The number of rotatable bonds is 5. The summed E-state index contributed by atoms with van der Waals surface area (Å²) in [5.41, 5.74) is 1.51. The average molecular weight is 308 g/mol. The van der Waals surface area contributed by atoms with Crippen LogP contribution >= 0.6 is 11.8 Å². The van der Waals surface area contributed by atoms with Gasteiger partial charge in [0.1, 0.15) is 0 Å². The molecule has 3 atom stereocenters. The van der Waals surface area contributed by atoms with Gasteiger partial charge in [-0.2, -0.15) is 11.8 Å². The van der Waals surface area contributed by atoms with Crippen LogP contribution in [0.25, 0.3) is 0 Å². The number of aliphatic hydroxyl groups excluding tert-OH is 1. The predicted octanol–water partition coefficient (Wildman–Crippen LogP) is 3.54. The lowest BCUT2D eigenvalue weighted by Gasteiger charge is -2.14. The number of nitrogens with one attached hydrogen (secondary N) is 2. The monoisotopic (exact) mass is 308 g/mol. The van der Waals surface area contributed by atoms with Gasteiger partial charge in [0, 0.05) is 17.0 Å². The number of benzene rings is 1. The van der Waals surface area contributed by atoms with Crippen LogP contribution in [0.5, 0.6) is 0 Å². The molecule has 4 nitrogen and oxygen atoms in total. The Bertz CT molecular complexity index is 479. The normalized spacial score (nSPS) is 22.8. The van der Waals surface area contributed by atoms with Crippen molar-refractivity contribution in [3.05, 3.63) is 29.8 Å². The summed E-state index contributed by atoms with van der Waals surface area (Å²) < 4.78 is 0. The molecule has 21 heavy (non-hydrogen) atoms. The molecule has 0 radical (unpaired) electrons. The van der Waals surface area contributed by atoms with Gasteiger partial charge in [0.2, 0.25) is 0 Å². The number of carbonyl (C=O) groups excluding carboxylic acids is 1. The highest BCUT2D eigenvalue weighted by molar-refractivity contribution is 7.99. The van der Waals surface area contributed by atoms with Crippen molar-refractivity contribution < 1.29 is 9.90 Å². The van der Waals surface area contributed by atoms with Crippen molar-refractivity contribution in [2.24, 2.45) is 0 Å². The van der Waals surface area contributed by atoms with Gasteiger partial charge < -0.3 is 15.7 Å². The first-order chi connectivity index (χ1) is 10.1. The van der Waals surface area contributed by atoms with Crippen molar-refractivity contribution in [1.29, 1.82) is 0 Å². The maximum absolute atomic E-state index is 12.0. The average Bonchev–Trinajstić information content (AvgIpc) is 2.86. The number of thioether (sulfide) groups is 1. The number of aliphatic hydroxyl groups is 1. The van der Waals surface area contributed by atoms with Gasteiger partial charge in [-0.25, -0.2) is 4.79 Å². The van der Waals surface area contributed by atoms with E-state index in [1.165, 1.54) is 6.42 Å². The van der Waals surface area contributed by atoms with E-state index < -0.39 is 6.10 Å². The standard InChI is InChI=1S/C16H24N2O2S/c1-3-21-15-8-7-14(10-15)18-16(20)17-13-6-4-5-12(9-13)11(2)19/h4-6,9,11,14-15,19H,3,7-8,10H2,1-2H3,(H2,17,18,20). The van der Waals surface area contributed by atoms with E-state index in [4.69, 9.17) is 0 Å². The Morgan fingerprint density at radius 2 is 2.29 bits per heavy atom. The Kier molecular flexibility index (Phi) is 5.94. The summed E-state index contributed by atoms with van der Waals surface area (Å²) in [7, 11) is 0. The third-order valence-corrected chi connectivity index (χ3v) is 4.98. The first-order valence-corrected chi connectivity index (χ1v) is 8.60. The maximum atomic E-state index is 12.0. The maximum Gasteiger partial charge on any atom is 0.319 e. The smallest absolute Gasteiger partial charge is 0.319 e. The molecule has 0 spiro atoms. The fourth-order valence-electron chi connectivity index (χ4n) is 2.69. The molecule has 1 aliphatic rings. The molecule has 5 heteroatoms. The predicted molar refractivity (Wildman–Crippen MR) is 88.8 cm³/mol. The van der Waals surface area contributed by atoms with Gasteiger partial charge in [-0.1, -0.05) is 19.1 Å². The van der Waals surface area contributed by atoms with Gasteiger partial charge in [-0.15, -0.1) is 0 Å². The summed E-state index contributed by atoms with van der Waals surface area (Å²) in [6.07, 6.45) is 2.76. The Hall–Kier alpha value is -1.20. The summed E-state index contributed by atoms with van der Waals surface area (Å²) in [4.78, 5) is 12.0. The molecule has 0 aliphatic heterocycles. The van der Waals surface area contributed by atoms with Gasteiger partial charge in [0.25, 0.3) is 0 Å². The van der Waals surface area contributed by atoms with Gasteiger partial charge in [-0.3, -0.25) is 0 Å². The van der Waals surface area contributed by atoms with Crippen LogP contribution in [0.4, 0.5) is 10.5 Å². The van der Waals surface area contributed by atoms with Crippen molar-refractivity contribution in [3.63, 3.8) is 0 Å². The number of carbonyl (C=O) groups is 1. The molecule has 1 aromatic carbocycles. The summed E-state index contributed by atoms with van der Waals surface area (Å²) in [5, 5.41) is 16.1. The molecule has 1 aliphatic carbocycles. The number of anilines is 1. The fourth-order valence-corrected chi connectivity index (χ4v) is 3.83. The van der Waals surface area contributed by atoms with E-state index in [1.54, 1.807) is 13.0 Å². The van der Waals surface area contributed by atoms with Gasteiger partial charge >= 0.3 is 6.03 Å². The second-order valence-corrected chi connectivity index (χ2v) is 7.06. The number of urea groups is 1.